The van der Waals surface area contributed by atoms with E-state index in [4.69, 9.17) is 0 Å². The van der Waals surface area contributed by atoms with E-state index >= 15 is 0 Å². The summed E-state index contributed by atoms with van der Waals surface area (Å²) in [6.45, 7) is 5.22. The highest BCUT2D eigenvalue weighted by atomic mass is 19.4. The van der Waals surface area contributed by atoms with Crippen molar-refractivity contribution in [2.24, 2.45) is 0 Å². The molecule has 0 saturated heterocycles. The molecule has 33 heavy (non-hydrogen) atoms. The minimum atomic E-state index is -4.60. The maximum atomic E-state index is 14.0. The molecule has 0 aliphatic carbocycles. The maximum Gasteiger partial charge on any atom is 0.416 e. The summed E-state index contributed by atoms with van der Waals surface area (Å²) in [4.78, 5) is 30.6. The first-order valence-electron chi connectivity index (χ1n) is 10.3. The second kappa shape index (κ2) is 8.06. The average Bonchev–Trinajstić information content (AvgIpc) is 2.74. The SMILES string of the molecule is Cc1[nH]c(=O)ccc1N1CN(c2ccc(F)cc2C(C)C)c2cc(C(F)(F)F)ccc2C1=O. The number of hydrogen-bond acceptors (Lipinski definition) is 3. The van der Waals surface area contributed by atoms with Crippen LogP contribution in [0.2, 0.25) is 0 Å². The van der Waals surface area contributed by atoms with Crippen LogP contribution in [-0.4, -0.2) is 17.6 Å². The number of aromatic nitrogens is 1. The smallest absolute Gasteiger partial charge is 0.324 e. The number of nitrogens with zero attached hydrogens (tertiary/aromatic N) is 2. The van der Waals surface area contributed by atoms with Gasteiger partial charge in [-0.1, -0.05) is 13.8 Å². The topological polar surface area (TPSA) is 56.4 Å². The highest BCUT2D eigenvalue weighted by molar-refractivity contribution is 6.12. The van der Waals surface area contributed by atoms with Crippen molar-refractivity contribution in [3.8, 4) is 0 Å². The van der Waals surface area contributed by atoms with E-state index in [0.717, 1.165) is 18.2 Å². The molecule has 2 heterocycles. The van der Waals surface area contributed by atoms with Gasteiger partial charge in [-0.25, -0.2) is 4.39 Å². The molecule has 1 aliphatic heterocycles. The third-order valence-corrected chi connectivity index (χ3v) is 5.65. The molecule has 5 nitrogen and oxygen atoms in total. The number of hydrogen-bond donors (Lipinski definition) is 1. The van der Waals surface area contributed by atoms with Crippen LogP contribution in [0, 0.1) is 12.7 Å². The standard InChI is InChI=1S/C24H21F4N3O2/c1-13(2)18-11-16(25)5-7-20(18)30-12-31(19-8-9-22(32)29-14(19)3)23(33)17-6-4-15(10-21(17)30)24(26,27)28/h4-11,13H,12H2,1-3H3,(H,29,32). The quantitative estimate of drug-likeness (QED) is 0.510. The van der Waals surface area contributed by atoms with Crippen LogP contribution in [0.4, 0.5) is 34.6 Å². The molecular formula is C24H21F4N3O2. The normalized spacial score (nSPS) is 14.1. The number of nitrogens with one attached hydrogen (secondary N) is 1. The molecule has 0 bridgehead atoms. The number of H-pyrrole nitrogens is 1. The number of rotatable bonds is 3. The van der Waals surface area contributed by atoms with Gasteiger partial charge in [0.05, 0.1) is 22.5 Å². The van der Waals surface area contributed by atoms with Crippen molar-refractivity contribution >= 4 is 23.0 Å². The van der Waals surface area contributed by atoms with E-state index in [-0.39, 0.29) is 29.4 Å². The molecule has 1 amide bonds. The molecule has 3 aromatic rings. The minimum Gasteiger partial charge on any atom is -0.324 e. The van der Waals surface area contributed by atoms with Gasteiger partial charge in [0.25, 0.3) is 5.91 Å². The fourth-order valence-corrected chi connectivity index (χ4v) is 4.03. The fourth-order valence-electron chi connectivity index (χ4n) is 4.03. The largest absolute Gasteiger partial charge is 0.416 e. The van der Waals surface area contributed by atoms with E-state index in [1.165, 1.54) is 35.2 Å². The molecule has 172 valence electrons. The lowest BCUT2D eigenvalue weighted by atomic mass is 9.97. The summed E-state index contributed by atoms with van der Waals surface area (Å²) in [5.74, 6) is -1.10. The molecule has 4 rings (SSSR count). The number of benzene rings is 2. The first kappa shape index (κ1) is 22.6. The van der Waals surface area contributed by atoms with Crippen LogP contribution in [0.5, 0.6) is 0 Å². The summed E-state index contributed by atoms with van der Waals surface area (Å²) in [7, 11) is 0. The number of anilines is 3. The Morgan fingerprint density at radius 1 is 0.909 bits per heavy atom. The van der Waals surface area contributed by atoms with Crippen molar-refractivity contribution in [1.82, 2.24) is 4.98 Å². The Morgan fingerprint density at radius 2 is 1.61 bits per heavy atom. The zero-order valence-corrected chi connectivity index (χ0v) is 18.1. The van der Waals surface area contributed by atoms with Gasteiger partial charge in [0.1, 0.15) is 12.5 Å². The average molecular weight is 459 g/mol. The lowest BCUT2D eigenvalue weighted by molar-refractivity contribution is -0.137. The van der Waals surface area contributed by atoms with Gasteiger partial charge in [0, 0.05) is 17.4 Å². The Labute approximate surface area is 187 Å². The van der Waals surface area contributed by atoms with Gasteiger partial charge in [-0.05, 0) is 60.9 Å². The monoisotopic (exact) mass is 459 g/mol. The van der Waals surface area contributed by atoms with Crippen LogP contribution in [0.25, 0.3) is 0 Å². The van der Waals surface area contributed by atoms with E-state index in [1.54, 1.807) is 11.8 Å². The van der Waals surface area contributed by atoms with Crippen LogP contribution in [-0.2, 0) is 6.18 Å². The molecule has 1 aliphatic rings. The predicted octanol–water partition coefficient (Wildman–Crippen LogP) is 5.72. The van der Waals surface area contributed by atoms with Crippen molar-refractivity contribution in [3.63, 3.8) is 0 Å². The van der Waals surface area contributed by atoms with Crippen molar-refractivity contribution in [1.29, 1.82) is 0 Å². The van der Waals surface area contributed by atoms with Crippen molar-refractivity contribution < 1.29 is 22.4 Å². The molecule has 0 atom stereocenters. The van der Waals surface area contributed by atoms with Crippen molar-refractivity contribution in [3.05, 3.63) is 87.1 Å². The maximum absolute atomic E-state index is 14.0. The lowest BCUT2D eigenvalue weighted by Crippen LogP contribution is -2.46. The second-order valence-electron chi connectivity index (χ2n) is 8.22. The van der Waals surface area contributed by atoms with Crippen LogP contribution in [0.3, 0.4) is 0 Å². The summed E-state index contributed by atoms with van der Waals surface area (Å²) in [5, 5.41) is 0. The Bertz CT molecular complexity index is 1300. The number of halogens is 4. The summed E-state index contributed by atoms with van der Waals surface area (Å²) >= 11 is 0. The molecule has 1 N–H and O–H groups in total. The number of aryl methyl sites for hydroxylation is 1. The zero-order valence-electron chi connectivity index (χ0n) is 18.1. The first-order chi connectivity index (χ1) is 15.5. The van der Waals surface area contributed by atoms with Gasteiger partial charge >= 0.3 is 6.18 Å². The molecule has 0 fully saturated rings. The van der Waals surface area contributed by atoms with Crippen LogP contribution >= 0.6 is 0 Å². The molecule has 2 aromatic carbocycles. The highest BCUT2D eigenvalue weighted by Crippen LogP contribution is 2.42. The van der Waals surface area contributed by atoms with Gasteiger partial charge < -0.3 is 9.88 Å². The zero-order chi connectivity index (χ0) is 24.1. The Hall–Kier alpha value is -3.62. The van der Waals surface area contributed by atoms with Gasteiger partial charge in [-0.2, -0.15) is 13.2 Å². The van der Waals surface area contributed by atoms with E-state index < -0.39 is 23.5 Å². The number of carbonyl (C=O) groups excluding carboxylic acids is 1. The number of pyridine rings is 1. The van der Waals surface area contributed by atoms with Crippen LogP contribution in [0.15, 0.2) is 53.3 Å². The number of fused-ring (bicyclic) bond motifs is 1. The lowest BCUT2D eigenvalue weighted by Gasteiger charge is -2.40. The fraction of sp³-hybridized carbons (Fsp3) is 0.250. The van der Waals surface area contributed by atoms with Gasteiger partial charge in [-0.15, -0.1) is 0 Å². The molecule has 0 spiro atoms. The van der Waals surface area contributed by atoms with Gasteiger partial charge in [-0.3, -0.25) is 14.5 Å². The second-order valence-corrected chi connectivity index (χ2v) is 8.22. The Balaban J connectivity index is 1.96. The van der Waals surface area contributed by atoms with Crippen LogP contribution in [0.1, 0.15) is 46.9 Å². The van der Waals surface area contributed by atoms with Crippen LogP contribution < -0.4 is 15.4 Å². The van der Waals surface area contributed by atoms with E-state index in [2.05, 4.69) is 4.98 Å². The predicted molar refractivity (Wildman–Crippen MR) is 118 cm³/mol. The third kappa shape index (κ3) is 4.10. The van der Waals surface area contributed by atoms with Gasteiger partial charge in [0.15, 0.2) is 0 Å². The first-order valence-corrected chi connectivity index (χ1v) is 10.3. The summed E-state index contributed by atoms with van der Waals surface area (Å²) in [5.41, 5.74) is 0.866. The number of carbonyl (C=O) groups is 1. The van der Waals surface area contributed by atoms with Gasteiger partial charge in [0.2, 0.25) is 5.56 Å². The molecule has 1 aromatic heterocycles. The number of aromatic amines is 1. The van der Waals surface area contributed by atoms with Crippen molar-refractivity contribution in [2.45, 2.75) is 32.9 Å². The van der Waals surface area contributed by atoms with E-state index in [9.17, 15) is 27.2 Å². The summed E-state index contributed by atoms with van der Waals surface area (Å²) in [6.07, 6.45) is -4.60. The summed E-state index contributed by atoms with van der Waals surface area (Å²) < 4.78 is 54.5. The summed E-state index contributed by atoms with van der Waals surface area (Å²) in [6, 6.07) is 9.82. The molecule has 0 unspecified atom stereocenters. The Kier molecular flexibility index (Phi) is 5.51. The molecule has 0 radical (unpaired) electrons. The Morgan fingerprint density at radius 3 is 2.24 bits per heavy atom. The van der Waals surface area contributed by atoms with E-state index in [0.29, 0.717) is 22.6 Å². The highest BCUT2D eigenvalue weighted by Gasteiger charge is 2.37. The van der Waals surface area contributed by atoms with E-state index in [1.807, 2.05) is 13.8 Å². The number of amides is 1. The molecule has 9 heteroatoms. The molecule has 0 saturated carbocycles. The number of alkyl halides is 3. The molecular weight excluding hydrogens is 438 g/mol. The van der Waals surface area contributed by atoms with Crippen molar-refractivity contribution in [2.75, 3.05) is 16.5 Å². The third-order valence-electron chi connectivity index (χ3n) is 5.65. The minimum absolute atomic E-state index is 0.0684.